The molecule has 4 atom stereocenters. The molecule has 0 fully saturated rings. The Bertz CT molecular complexity index is 5740. The number of nitrogens with one attached hydrogen (secondary N) is 12. The second kappa shape index (κ2) is 39.4. The lowest BCUT2D eigenvalue weighted by Crippen LogP contribution is -2.14. The van der Waals surface area contributed by atoms with Gasteiger partial charge in [0, 0.05) is 132 Å². The molecule has 0 amide bonds. The molecule has 15 aromatic rings. The Morgan fingerprint density at radius 1 is 0.347 bits per heavy atom. The summed E-state index contributed by atoms with van der Waals surface area (Å²) in [5.41, 5.74) is 6.10. The highest BCUT2D eigenvalue weighted by atomic mass is 19.2. The molecular formula is C82H84F8N30O. The first kappa shape index (κ1) is 85.5. The molecule has 4 aromatic carbocycles. The van der Waals surface area contributed by atoms with Crippen molar-refractivity contribution in [3.63, 3.8) is 0 Å². The van der Waals surface area contributed by atoms with E-state index < -0.39 is 70.7 Å². The average Bonchev–Trinajstić information content (AvgIpc) is 1.25. The van der Waals surface area contributed by atoms with Gasteiger partial charge in [-0.1, -0.05) is 78.8 Å². The maximum absolute atomic E-state index is 14.1. The molecule has 0 saturated carbocycles. The molecule has 31 nitrogen and oxygen atoms in total. The molecule has 11 heterocycles. The monoisotopic (exact) mass is 1660 g/mol. The van der Waals surface area contributed by atoms with E-state index in [-0.39, 0.29) is 29.2 Å². The van der Waals surface area contributed by atoms with Crippen LogP contribution in [0.3, 0.4) is 0 Å². The van der Waals surface area contributed by atoms with Crippen molar-refractivity contribution >= 4 is 70.9 Å². The van der Waals surface area contributed by atoms with Crippen LogP contribution in [0.15, 0.2) is 169 Å². The van der Waals surface area contributed by atoms with Gasteiger partial charge in [0.1, 0.15) is 75.5 Å². The Balaban J connectivity index is 0.000000148. The summed E-state index contributed by atoms with van der Waals surface area (Å²) in [6.45, 7) is 20.9. The number of anilines is 12. The first-order valence-electron chi connectivity index (χ1n) is 38.2. The molecule has 0 spiro atoms. The molecule has 0 saturated heterocycles. The number of hydrogen-bond acceptors (Lipinski definition) is 27. The minimum Gasteiger partial charge on any atom is -0.463 e. The van der Waals surface area contributed by atoms with E-state index in [0.29, 0.717) is 130 Å². The molecule has 12 N–H and O–H groups in total. The quantitative estimate of drug-likeness (QED) is 0.0213. The Kier molecular flexibility index (Phi) is 27.9. The fourth-order valence-corrected chi connectivity index (χ4v) is 11.6. The van der Waals surface area contributed by atoms with E-state index in [1.54, 1.807) is 70.7 Å². The van der Waals surface area contributed by atoms with Crippen molar-refractivity contribution in [2.75, 3.05) is 42.5 Å². The van der Waals surface area contributed by atoms with Gasteiger partial charge in [0.2, 0.25) is 47.6 Å². The third-order valence-electron chi connectivity index (χ3n) is 17.9. The van der Waals surface area contributed by atoms with Gasteiger partial charge in [-0.3, -0.25) is 30.4 Å². The van der Waals surface area contributed by atoms with Crippen LogP contribution in [0.25, 0.3) is 34.1 Å². The maximum atomic E-state index is 14.1. The number of aromatic amines is 4. The van der Waals surface area contributed by atoms with Crippen molar-refractivity contribution < 1.29 is 39.5 Å². The van der Waals surface area contributed by atoms with E-state index in [1.807, 2.05) is 76.2 Å². The molecule has 0 aliphatic carbocycles. The third-order valence-corrected chi connectivity index (χ3v) is 17.9. The zero-order chi connectivity index (χ0) is 85.9. The zero-order valence-electron chi connectivity index (χ0n) is 67.2. The first-order valence-corrected chi connectivity index (χ1v) is 38.2. The maximum Gasteiger partial charge on any atom is 0.233 e. The van der Waals surface area contributed by atoms with Gasteiger partial charge in [-0.25, -0.2) is 35.1 Å². The second-order valence-electron chi connectivity index (χ2n) is 28.0. The number of rotatable bonds is 27. The van der Waals surface area contributed by atoms with E-state index in [4.69, 9.17) is 4.42 Å². The summed E-state index contributed by atoms with van der Waals surface area (Å²) in [5, 5.41) is 53.0. The SMILES string of the molecule is CCc1nc(Nc2cc(-c3ccccn3)[nH]n2)nc(NC(C)c2ccc(F)cc2F)n1.CCc1nc(Nc2cc(-c3ccco3)[nH]n2)nc(NC(C)c2ccc(F)cc2F)n1.CCc1nc(Nc2cc(-c3ccncc3)[nH]n2)nc(NC(C)c2ccc(F)cc2F)n1.CCc1nc(Nc2cc(C(C)(C)C)[nH]n2)nc(NC(C)c2ccc(F)cc2F)n1. The van der Waals surface area contributed by atoms with Crippen molar-refractivity contribution in [2.45, 2.75) is 131 Å². The smallest absolute Gasteiger partial charge is 0.233 e. The van der Waals surface area contributed by atoms with E-state index in [1.165, 1.54) is 48.5 Å². The Morgan fingerprint density at radius 2 is 0.686 bits per heavy atom. The van der Waals surface area contributed by atoms with Crippen molar-refractivity contribution in [3.05, 3.63) is 262 Å². The molecule has 39 heteroatoms. The molecule has 0 bridgehead atoms. The largest absolute Gasteiger partial charge is 0.463 e. The summed E-state index contributed by atoms with van der Waals surface area (Å²) in [6.07, 6.45) is 9.00. The molecule has 624 valence electrons. The normalized spacial score (nSPS) is 12.1. The van der Waals surface area contributed by atoms with Crippen molar-refractivity contribution in [1.29, 1.82) is 0 Å². The number of aryl methyl sites for hydroxylation is 4. The lowest BCUT2D eigenvalue weighted by molar-refractivity contribution is 0.565. The van der Waals surface area contributed by atoms with Gasteiger partial charge < -0.3 is 47.0 Å². The van der Waals surface area contributed by atoms with E-state index in [9.17, 15) is 35.1 Å². The van der Waals surface area contributed by atoms with Gasteiger partial charge in [0.15, 0.2) is 29.0 Å². The summed E-state index contributed by atoms with van der Waals surface area (Å²) >= 11 is 0. The number of pyridine rings is 2. The minimum absolute atomic E-state index is 0.0675. The van der Waals surface area contributed by atoms with Crippen molar-refractivity contribution in [1.82, 2.24) is 111 Å². The summed E-state index contributed by atoms with van der Waals surface area (Å²) in [7, 11) is 0. The Morgan fingerprint density at radius 3 is 1.02 bits per heavy atom. The molecule has 11 aromatic heterocycles. The van der Waals surface area contributed by atoms with Crippen LogP contribution in [-0.2, 0) is 31.1 Å². The summed E-state index contributed by atoms with van der Waals surface area (Å²) in [5.74, 6) is 2.27. The van der Waals surface area contributed by atoms with Gasteiger partial charge in [0.05, 0.1) is 47.5 Å². The summed E-state index contributed by atoms with van der Waals surface area (Å²) < 4.78 is 114. The van der Waals surface area contributed by atoms with Gasteiger partial charge in [-0.2, -0.15) is 80.2 Å². The standard InChI is InChI=1S/2C21H20F2N8.C20H19F2N7O.C20H25F2N7/c1-3-18-26-20(25-12(2)15-5-4-14(22)10-16(15)23)29-21(27-18)28-19-11-17(30-31-19)13-6-8-24-9-7-13;1-3-18-26-20(25-12(2)14-8-7-13(22)10-15(14)23)29-21(27-18)28-19-11-17(30-31-19)16-6-4-5-9-24-16;1-3-17-24-19(23-11(2)13-7-6-12(21)9-14(13)22)27-20(25-17)26-18-10-15(28-29-18)16-5-4-8-30-16;1-6-16-24-18(23-11(2)13-8-7-12(21)9-14(13)22)27-19(25-16)26-17-10-15(28-29-17)20(3,4)5/h2*4-12H,3H2,1-2H3,(H3,25,26,27,28,29,30,31);4-11H,3H2,1-2H3,(H3,23,24,25,26,27,28,29);7-11H,6H2,1-5H3,(H3,23,24,25,26,27,28,29). The number of aromatic nitrogens is 22. The number of halogens is 8. The van der Waals surface area contributed by atoms with E-state index >= 15 is 0 Å². The van der Waals surface area contributed by atoms with Crippen LogP contribution in [0.5, 0.6) is 0 Å². The molecule has 4 unspecified atom stereocenters. The fourth-order valence-electron chi connectivity index (χ4n) is 11.6. The highest BCUT2D eigenvalue weighted by Gasteiger charge is 2.23. The van der Waals surface area contributed by atoms with Gasteiger partial charge in [0.25, 0.3) is 0 Å². The molecule has 15 rings (SSSR count). The highest BCUT2D eigenvalue weighted by molar-refractivity contribution is 5.65. The van der Waals surface area contributed by atoms with Gasteiger partial charge in [-0.15, -0.1) is 0 Å². The van der Waals surface area contributed by atoms with Gasteiger partial charge in [-0.05, 0) is 88.4 Å². The zero-order valence-corrected chi connectivity index (χ0v) is 67.2. The van der Waals surface area contributed by atoms with Crippen LogP contribution in [0.2, 0.25) is 0 Å². The van der Waals surface area contributed by atoms with Crippen LogP contribution in [0.1, 0.15) is 152 Å². The summed E-state index contributed by atoms with van der Waals surface area (Å²) in [4.78, 5) is 60.6. The Hall–Kier alpha value is -14.8. The van der Waals surface area contributed by atoms with Crippen molar-refractivity contribution in [3.8, 4) is 34.1 Å². The van der Waals surface area contributed by atoms with E-state index in [0.717, 1.165) is 52.6 Å². The number of benzene rings is 4. The first-order chi connectivity index (χ1) is 58.2. The molecule has 0 radical (unpaired) electrons. The predicted molar refractivity (Wildman–Crippen MR) is 441 cm³/mol. The Labute approximate surface area is 688 Å². The van der Waals surface area contributed by atoms with Crippen LogP contribution >= 0.6 is 0 Å². The van der Waals surface area contributed by atoms with Crippen LogP contribution in [0.4, 0.5) is 106 Å². The molecular weight excluding hydrogens is 1570 g/mol. The molecule has 0 aliphatic heterocycles. The average molecular weight is 1660 g/mol. The second-order valence-corrected chi connectivity index (χ2v) is 28.0. The molecule has 0 aliphatic rings. The lowest BCUT2D eigenvalue weighted by atomic mass is 9.92. The summed E-state index contributed by atoms with van der Waals surface area (Å²) in [6, 6.07) is 32.1. The van der Waals surface area contributed by atoms with E-state index in [2.05, 4.69) is 174 Å². The number of hydrogen-bond donors (Lipinski definition) is 12. The number of furan rings is 1. The fraction of sp³-hybridized carbons (Fsp3) is 0.244. The molecule has 121 heavy (non-hydrogen) atoms. The van der Waals surface area contributed by atoms with Crippen LogP contribution in [0, 0.1) is 46.5 Å². The van der Waals surface area contributed by atoms with Crippen molar-refractivity contribution in [2.24, 2.45) is 0 Å². The van der Waals surface area contributed by atoms with Gasteiger partial charge >= 0.3 is 0 Å². The predicted octanol–water partition coefficient (Wildman–Crippen LogP) is 18.1. The minimum atomic E-state index is -0.639. The lowest BCUT2D eigenvalue weighted by Gasteiger charge is -2.16. The topological polar surface area (TPSA) is 405 Å². The van der Waals surface area contributed by atoms with Crippen LogP contribution < -0.4 is 42.5 Å². The third kappa shape index (κ3) is 23.5. The van der Waals surface area contributed by atoms with Crippen LogP contribution in [-0.4, -0.2) is 111 Å². The number of nitrogens with zero attached hydrogens (tertiary/aromatic N) is 18. The highest BCUT2D eigenvalue weighted by Crippen LogP contribution is 2.31. The number of H-pyrrole nitrogens is 4.